The lowest BCUT2D eigenvalue weighted by molar-refractivity contribution is 0.187. The molecule has 32 heavy (non-hydrogen) atoms. The lowest BCUT2D eigenvalue weighted by atomic mass is 10.0. The molecule has 1 amide bonds. The Morgan fingerprint density at radius 3 is 2.81 bits per heavy atom. The number of hydrogen-bond donors (Lipinski definition) is 2. The number of aryl methyl sites for hydroxylation is 1. The SMILES string of the molecule is COC(=O)Nc1cc(-c2cc(N3CCN(SCCN(C)C)CC3C)[nH]c(=O)c2)c(C)cn1. The molecule has 0 radical (unpaired) electrons. The second kappa shape index (κ2) is 10.8. The Labute approximate surface area is 193 Å². The number of carbonyl (C=O) groups excluding carboxylic acids is 1. The van der Waals surface area contributed by atoms with Crippen LogP contribution in [-0.2, 0) is 4.74 Å². The fourth-order valence-electron chi connectivity index (χ4n) is 3.65. The molecule has 10 heteroatoms. The Hall–Kier alpha value is -2.56. The monoisotopic (exact) mass is 460 g/mol. The van der Waals surface area contributed by atoms with Crippen LogP contribution in [0.1, 0.15) is 12.5 Å². The van der Waals surface area contributed by atoms with Gasteiger partial charge in [0.05, 0.1) is 7.11 Å². The third kappa shape index (κ3) is 6.24. The molecule has 3 rings (SSSR count). The normalized spacial score (nSPS) is 16.9. The lowest BCUT2D eigenvalue weighted by Gasteiger charge is -2.40. The summed E-state index contributed by atoms with van der Waals surface area (Å²) in [5.74, 6) is 2.24. The molecule has 0 saturated carbocycles. The number of rotatable bonds is 7. The second-order valence-electron chi connectivity index (χ2n) is 8.19. The van der Waals surface area contributed by atoms with E-state index in [1.807, 2.05) is 24.9 Å². The van der Waals surface area contributed by atoms with Crippen LogP contribution in [0, 0.1) is 6.92 Å². The van der Waals surface area contributed by atoms with Crippen LogP contribution in [0.5, 0.6) is 0 Å². The molecule has 1 atom stereocenters. The first-order valence-electron chi connectivity index (χ1n) is 10.6. The molecular weight excluding hydrogens is 428 g/mol. The van der Waals surface area contributed by atoms with Crippen molar-refractivity contribution in [1.82, 2.24) is 19.2 Å². The molecule has 1 aliphatic rings. The van der Waals surface area contributed by atoms with Crippen LogP contribution in [0.15, 0.2) is 29.2 Å². The Kier molecular flexibility index (Phi) is 8.16. The number of aromatic amines is 1. The van der Waals surface area contributed by atoms with E-state index in [1.54, 1.807) is 18.3 Å². The second-order valence-corrected chi connectivity index (χ2v) is 9.37. The lowest BCUT2D eigenvalue weighted by Crippen LogP contribution is -2.50. The van der Waals surface area contributed by atoms with Gasteiger partial charge in [-0.3, -0.25) is 10.1 Å². The van der Waals surface area contributed by atoms with E-state index in [0.717, 1.165) is 54.4 Å². The highest BCUT2D eigenvalue weighted by atomic mass is 32.2. The van der Waals surface area contributed by atoms with E-state index in [0.29, 0.717) is 5.82 Å². The molecule has 174 valence electrons. The number of anilines is 2. The summed E-state index contributed by atoms with van der Waals surface area (Å²) in [5, 5.41) is 2.58. The van der Waals surface area contributed by atoms with Crippen molar-refractivity contribution >= 4 is 29.7 Å². The van der Waals surface area contributed by atoms with E-state index in [-0.39, 0.29) is 11.6 Å². The zero-order chi connectivity index (χ0) is 23.3. The molecule has 2 N–H and O–H groups in total. The molecule has 0 bridgehead atoms. The zero-order valence-corrected chi connectivity index (χ0v) is 20.2. The highest BCUT2D eigenvalue weighted by Crippen LogP contribution is 2.28. The molecule has 2 aromatic heterocycles. The Balaban J connectivity index is 1.79. The molecular formula is C22H32N6O3S. The number of H-pyrrole nitrogens is 1. The Morgan fingerprint density at radius 1 is 1.34 bits per heavy atom. The van der Waals surface area contributed by atoms with Gasteiger partial charge in [0.1, 0.15) is 11.6 Å². The molecule has 3 heterocycles. The van der Waals surface area contributed by atoms with E-state index >= 15 is 0 Å². The molecule has 1 saturated heterocycles. The van der Waals surface area contributed by atoms with E-state index in [2.05, 4.69) is 55.1 Å². The van der Waals surface area contributed by atoms with Crippen molar-refractivity contribution < 1.29 is 9.53 Å². The van der Waals surface area contributed by atoms with Crippen molar-refractivity contribution in [3.63, 3.8) is 0 Å². The first kappa shape index (κ1) is 24.1. The van der Waals surface area contributed by atoms with Crippen LogP contribution < -0.4 is 15.8 Å². The third-order valence-electron chi connectivity index (χ3n) is 5.37. The van der Waals surface area contributed by atoms with Gasteiger partial charge in [0.2, 0.25) is 5.56 Å². The van der Waals surface area contributed by atoms with Gasteiger partial charge in [-0.2, -0.15) is 0 Å². The van der Waals surface area contributed by atoms with Gasteiger partial charge < -0.3 is 19.5 Å². The zero-order valence-electron chi connectivity index (χ0n) is 19.3. The highest BCUT2D eigenvalue weighted by molar-refractivity contribution is 7.97. The van der Waals surface area contributed by atoms with E-state index in [1.165, 1.54) is 7.11 Å². The Bertz CT molecular complexity index is 996. The minimum absolute atomic E-state index is 0.161. The topological polar surface area (TPSA) is 93.8 Å². The molecule has 1 fully saturated rings. The van der Waals surface area contributed by atoms with E-state index < -0.39 is 6.09 Å². The van der Waals surface area contributed by atoms with Crippen molar-refractivity contribution in [1.29, 1.82) is 0 Å². The maximum absolute atomic E-state index is 12.5. The maximum atomic E-state index is 12.5. The number of methoxy groups -OCH3 is 1. The average molecular weight is 461 g/mol. The number of ether oxygens (including phenoxy) is 1. The first-order valence-corrected chi connectivity index (χ1v) is 11.6. The molecule has 0 spiro atoms. The fraction of sp³-hybridized carbons (Fsp3) is 0.500. The van der Waals surface area contributed by atoms with Crippen LogP contribution in [0.3, 0.4) is 0 Å². The molecule has 1 unspecified atom stereocenters. The van der Waals surface area contributed by atoms with Gasteiger partial charge in [0, 0.05) is 50.2 Å². The first-order chi connectivity index (χ1) is 15.3. The summed E-state index contributed by atoms with van der Waals surface area (Å²) < 4.78 is 7.05. The number of hydrogen-bond acceptors (Lipinski definition) is 8. The summed E-state index contributed by atoms with van der Waals surface area (Å²) in [6, 6.07) is 5.59. The predicted molar refractivity (Wildman–Crippen MR) is 130 cm³/mol. The minimum Gasteiger partial charge on any atom is -0.453 e. The van der Waals surface area contributed by atoms with E-state index in [4.69, 9.17) is 0 Å². The highest BCUT2D eigenvalue weighted by Gasteiger charge is 2.25. The average Bonchev–Trinajstić information content (AvgIpc) is 2.74. The quantitative estimate of drug-likeness (QED) is 0.609. The van der Waals surface area contributed by atoms with Crippen molar-refractivity contribution in [2.75, 3.05) is 63.4 Å². The summed E-state index contributed by atoms with van der Waals surface area (Å²) in [6.45, 7) is 7.84. The number of pyridine rings is 2. The standard InChI is InChI=1S/C22H32N6O3S/c1-15-13-23-19(24-22(30)31-5)12-18(15)17-10-20(25-21(29)11-17)28-7-6-27(14-16(28)2)32-9-8-26(3)4/h10-13,16H,6-9,14H2,1-5H3,(H,25,29)(H,23,24,30). The van der Waals surface area contributed by atoms with Gasteiger partial charge in [-0.1, -0.05) is 11.9 Å². The van der Waals surface area contributed by atoms with Gasteiger partial charge in [0.25, 0.3) is 0 Å². The number of aromatic nitrogens is 2. The number of carbonyl (C=O) groups is 1. The van der Waals surface area contributed by atoms with Gasteiger partial charge in [-0.15, -0.1) is 0 Å². The summed E-state index contributed by atoms with van der Waals surface area (Å²) in [6.07, 6.45) is 1.09. The maximum Gasteiger partial charge on any atom is 0.412 e. The molecule has 0 aromatic carbocycles. The van der Waals surface area contributed by atoms with Gasteiger partial charge in [-0.05, 0) is 56.8 Å². The van der Waals surface area contributed by atoms with Gasteiger partial charge in [-0.25, -0.2) is 14.1 Å². The van der Waals surface area contributed by atoms with Crippen LogP contribution >= 0.6 is 11.9 Å². The van der Waals surface area contributed by atoms with E-state index in [9.17, 15) is 9.59 Å². The summed E-state index contributed by atoms with van der Waals surface area (Å²) >= 11 is 1.88. The van der Waals surface area contributed by atoms with Crippen LogP contribution in [0.4, 0.5) is 16.4 Å². The smallest absolute Gasteiger partial charge is 0.412 e. The summed E-state index contributed by atoms with van der Waals surface area (Å²) in [4.78, 5) is 35.7. The Morgan fingerprint density at radius 2 is 2.12 bits per heavy atom. The van der Waals surface area contributed by atoms with Crippen LogP contribution in [-0.4, -0.2) is 84.4 Å². The summed E-state index contributed by atoms with van der Waals surface area (Å²) in [5.41, 5.74) is 2.37. The largest absolute Gasteiger partial charge is 0.453 e. The predicted octanol–water partition coefficient (Wildman–Crippen LogP) is 2.64. The van der Waals surface area contributed by atoms with Crippen molar-refractivity contribution in [3.05, 3.63) is 40.3 Å². The van der Waals surface area contributed by atoms with Crippen molar-refractivity contribution in [2.24, 2.45) is 0 Å². The van der Waals surface area contributed by atoms with Crippen molar-refractivity contribution in [2.45, 2.75) is 19.9 Å². The molecule has 0 aliphatic carbocycles. The minimum atomic E-state index is -0.589. The third-order valence-corrected chi connectivity index (χ3v) is 6.43. The summed E-state index contributed by atoms with van der Waals surface area (Å²) in [7, 11) is 5.47. The van der Waals surface area contributed by atoms with Crippen LogP contribution in [0.2, 0.25) is 0 Å². The molecule has 9 nitrogen and oxygen atoms in total. The van der Waals surface area contributed by atoms with Gasteiger partial charge in [0.15, 0.2) is 0 Å². The number of nitrogens with zero attached hydrogens (tertiary/aromatic N) is 4. The van der Waals surface area contributed by atoms with Crippen LogP contribution in [0.25, 0.3) is 11.1 Å². The van der Waals surface area contributed by atoms with Gasteiger partial charge >= 0.3 is 6.09 Å². The van der Waals surface area contributed by atoms with Crippen molar-refractivity contribution in [3.8, 4) is 11.1 Å². The number of piperazine rings is 1. The number of nitrogens with one attached hydrogen (secondary N) is 2. The molecule has 2 aromatic rings. The molecule has 1 aliphatic heterocycles. The number of amides is 1. The fourth-order valence-corrected chi connectivity index (χ4v) is 4.89.